The molecule has 2 aromatic carbocycles. The van der Waals surface area contributed by atoms with Crippen molar-refractivity contribution in [2.75, 3.05) is 0 Å². The lowest BCUT2D eigenvalue weighted by Crippen LogP contribution is -1.96. The summed E-state index contributed by atoms with van der Waals surface area (Å²) in [6.45, 7) is 4.23. The minimum Gasteiger partial charge on any atom is -0.143 e. The molecule has 0 aliphatic heterocycles. The third kappa shape index (κ3) is 2.29. The predicted molar refractivity (Wildman–Crippen MR) is 85.4 cm³/mol. The molecule has 1 atom stereocenters. The first-order valence-corrected chi connectivity index (χ1v) is 7.66. The van der Waals surface area contributed by atoms with Crippen LogP contribution < -0.4 is 0 Å². The normalized spacial score (nSPS) is 12.8. The molecule has 2 heteroatoms. The Kier molecular flexibility index (Phi) is 3.34. The van der Waals surface area contributed by atoms with Crippen LogP contribution in [-0.4, -0.2) is 0 Å². The maximum Gasteiger partial charge on any atom is 0.0852 e. The summed E-state index contributed by atoms with van der Waals surface area (Å²) in [7, 11) is 0. The van der Waals surface area contributed by atoms with Crippen molar-refractivity contribution in [2.45, 2.75) is 19.2 Å². The molecule has 19 heavy (non-hydrogen) atoms. The van der Waals surface area contributed by atoms with Gasteiger partial charge in [-0.2, -0.15) is 0 Å². The smallest absolute Gasteiger partial charge is 0.0852 e. The Morgan fingerprint density at radius 2 is 1.79 bits per heavy atom. The van der Waals surface area contributed by atoms with Crippen molar-refractivity contribution in [1.82, 2.24) is 0 Å². The van der Waals surface area contributed by atoms with Gasteiger partial charge in [-0.15, -0.1) is 22.9 Å². The summed E-state index contributed by atoms with van der Waals surface area (Å²) in [4.78, 5) is 0. The highest BCUT2D eigenvalue weighted by atomic mass is 35.5. The highest BCUT2D eigenvalue weighted by molar-refractivity contribution is 7.17. The molecule has 1 unspecified atom stereocenters. The zero-order chi connectivity index (χ0) is 13.4. The molecule has 0 saturated heterocycles. The van der Waals surface area contributed by atoms with Crippen molar-refractivity contribution in [3.8, 4) is 0 Å². The number of benzene rings is 2. The molecule has 0 radical (unpaired) electrons. The summed E-state index contributed by atoms with van der Waals surface area (Å²) in [5.74, 6) is 0. The second kappa shape index (κ2) is 4.99. The van der Waals surface area contributed by atoms with Gasteiger partial charge in [-0.3, -0.25) is 0 Å². The molecule has 0 fully saturated rings. The molecule has 0 nitrogen and oxygen atoms in total. The Morgan fingerprint density at radius 1 is 1.00 bits per heavy atom. The molecule has 96 valence electrons. The lowest BCUT2D eigenvalue weighted by atomic mass is 9.98. The minimum atomic E-state index is -0.0731. The number of hydrogen-bond donors (Lipinski definition) is 0. The predicted octanol–water partition coefficient (Wildman–Crippen LogP) is 5.85. The topological polar surface area (TPSA) is 0 Å². The number of alkyl halides is 1. The summed E-state index contributed by atoms with van der Waals surface area (Å²) < 4.78 is 1.30. The molecule has 0 spiro atoms. The number of rotatable bonds is 2. The maximum atomic E-state index is 6.74. The van der Waals surface area contributed by atoms with Crippen LogP contribution in [-0.2, 0) is 0 Å². The van der Waals surface area contributed by atoms with E-state index in [1.165, 1.54) is 32.3 Å². The van der Waals surface area contributed by atoms with Gasteiger partial charge in [0.1, 0.15) is 0 Å². The first-order valence-electron chi connectivity index (χ1n) is 6.34. The number of hydrogen-bond acceptors (Lipinski definition) is 1. The highest BCUT2D eigenvalue weighted by Gasteiger charge is 2.17. The summed E-state index contributed by atoms with van der Waals surface area (Å²) in [5, 5.41) is 3.38. The molecule has 1 heterocycles. The number of thiophene rings is 1. The van der Waals surface area contributed by atoms with Crippen LogP contribution in [0.4, 0.5) is 0 Å². The van der Waals surface area contributed by atoms with E-state index in [0.29, 0.717) is 0 Å². The standard InChI is InChI=1S/C17H15ClS/c1-11-7-8-12(2)14(9-11)17(18)15-10-19-16-6-4-3-5-13(15)16/h3-10,17H,1-2H3. The zero-order valence-corrected chi connectivity index (χ0v) is 12.6. The van der Waals surface area contributed by atoms with E-state index < -0.39 is 0 Å². The number of fused-ring (bicyclic) bond motifs is 1. The molecular weight excluding hydrogens is 272 g/mol. The van der Waals surface area contributed by atoms with Crippen LogP contribution in [0.25, 0.3) is 10.1 Å². The minimum absolute atomic E-state index is 0.0731. The molecule has 0 N–H and O–H groups in total. The number of aryl methyl sites for hydroxylation is 2. The van der Waals surface area contributed by atoms with Gasteiger partial charge in [0, 0.05) is 4.70 Å². The highest BCUT2D eigenvalue weighted by Crippen LogP contribution is 2.38. The van der Waals surface area contributed by atoms with Gasteiger partial charge in [0.25, 0.3) is 0 Å². The summed E-state index contributed by atoms with van der Waals surface area (Å²) in [5.41, 5.74) is 4.94. The van der Waals surface area contributed by atoms with Crippen molar-refractivity contribution in [3.63, 3.8) is 0 Å². The van der Waals surface area contributed by atoms with Crippen LogP contribution in [0.1, 0.15) is 27.6 Å². The van der Waals surface area contributed by atoms with Crippen LogP contribution in [0.2, 0.25) is 0 Å². The Morgan fingerprint density at radius 3 is 2.63 bits per heavy atom. The van der Waals surface area contributed by atoms with Crippen LogP contribution in [0, 0.1) is 13.8 Å². The Hall–Kier alpha value is -1.31. The van der Waals surface area contributed by atoms with Crippen molar-refractivity contribution in [2.24, 2.45) is 0 Å². The van der Waals surface area contributed by atoms with Crippen molar-refractivity contribution >= 4 is 33.0 Å². The van der Waals surface area contributed by atoms with E-state index >= 15 is 0 Å². The average Bonchev–Trinajstić information content (AvgIpc) is 2.84. The van der Waals surface area contributed by atoms with Crippen molar-refractivity contribution in [1.29, 1.82) is 0 Å². The first kappa shape index (κ1) is 12.7. The molecule has 0 amide bonds. The summed E-state index contributed by atoms with van der Waals surface area (Å²) in [6, 6.07) is 14.9. The van der Waals surface area contributed by atoms with E-state index in [9.17, 15) is 0 Å². The maximum absolute atomic E-state index is 6.74. The van der Waals surface area contributed by atoms with Crippen LogP contribution in [0.15, 0.2) is 47.8 Å². The zero-order valence-electron chi connectivity index (χ0n) is 11.0. The van der Waals surface area contributed by atoms with E-state index in [1.54, 1.807) is 11.3 Å². The lowest BCUT2D eigenvalue weighted by molar-refractivity contribution is 1.12. The van der Waals surface area contributed by atoms with Gasteiger partial charge in [0.05, 0.1) is 5.38 Å². The van der Waals surface area contributed by atoms with Crippen molar-refractivity contribution < 1.29 is 0 Å². The Bertz CT molecular complexity index is 727. The summed E-state index contributed by atoms with van der Waals surface area (Å²) in [6.07, 6.45) is 0. The van der Waals surface area contributed by atoms with Gasteiger partial charge in [-0.05, 0) is 47.4 Å². The fraction of sp³-hybridized carbons (Fsp3) is 0.176. The van der Waals surface area contributed by atoms with Crippen molar-refractivity contribution in [3.05, 3.63) is 70.1 Å². The average molecular weight is 287 g/mol. The number of halogens is 1. The first-order chi connectivity index (χ1) is 9.16. The second-order valence-corrected chi connectivity index (χ2v) is 6.26. The van der Waals surface area contributed by atoms with Crippen LogP contribution in [0.3, 0.4) is 0 Å². The van der Waals surface area contributed by atoms with Crippen LogP contribution in [0.5, 0.6) is 0 Å². The van der Waals surface area contributed by atoms with E-state index in [-0.39, 0.29) is 5.38 Å². The van der Waals surface area contributed by atoms with E-state index in [1.807, 2.05) is 0 Å². The third-order valence-corrected chi connectivity index (χ3v) is 4.94. The third-order valence-electron chi connectivity index (χ3n) is 3.49. The fourth-order valence-electron chi connectivity index (χ4n) is 2.40. The lowest BCUT2D eigenvalue weighted by Gasteiger charge is -2.13. The van der Waals surface area contributed by atoms with Gasteiger partial charge in [0.15, 0.2) is 0 Å². The Balaban J connectivity index is 2.13. The van der Waals surface area contributed by atoms with E-state index in [2.05, 4.69) is 61.7 Å². The van der Waals surface area contributed by atoms with E-state index in [0.717, 1.165) is 0 Å². The van der Waals surface area contributed by atoms with Gasteiger partial charge in [0.2, 0.25) is 0 Å². The molecule has 0 aliphatic rings. The van der Waals surface area contributed by atoms with Crippen LogP contribution >= 0.6 is 22.9 Å². The Labute approximate surface area is 122 Å². The largest absolute Gasteiger partial charge is 0.143 e. The van der Waals surface area contributed by atoms with Gasteiger partial charge < -0.3 is 0 Å². The van der Waals surface area contributed by atoms with Gasteiger partial charge in [-0.1, -0.05) is 42.0 Å². The second-order valence-electron chi connectivity index (χ2n) is 4.91. The molecule has 3 aromatic rings. The molecule has 0 saturated carbocycles. The monoisotopic (exact) mass is 286 g/mol. The molecular formula is C17H15ClS. The molecule has 0 aliphatic carbocycles. The van der Waals surface area contributed by atoms with Gasteiger partial charge >= 0.3 is 0 Å². The van der Waals surface area contributed by atoms with Gasteiger partial charge in [-0.25, -0.2) is 0 Å². The summed E-state index contributed by atoms with van der Waals surface area (Å²) >= 11 is 8.50. The quantitative estimate of drug-likeness (QED) is 0.519. The molecule has 1 aromatic heterocycles. The fourth-order valence-corrected chi connectivity index (χ4v) is 3.87. The SMILES string of the molecule is Cc1ccc(C)c(C(Cl)c2csc3ccccc23)c1. The molecule has 0 bridgehead atoms. The molecule has 3 rings (SSSR count). The van der Waals surface area contributed by atoms with E-state index in [4.69, 9.17) is 11.6 Å².